The molecular weight excluding hydrogens is 446 g/mol. The lowest BCUT2D eigenvalue weighted by molar-refractivity contribution is 0.355. The number of benzene rings is 3. The van der Waals surface area contributed by atoms with Crippen molar-refractivity contribution >= 4 is 35.4 Å². The molecule has 10 nitrogen and oxygen atoms in total. The molecule has 0 spiro atoms. The molecule has 0 aliphatic rings. The molecule has 0 aliphatic heterocycles. The molecule has 35 heavy (non-hydrogen) atoms. The quantitative estimate of drug-likeness (QED) is 0.221. The van der Waals surface area contributed by atoms with Gasteiger partial charge in [-0.25, -0.2) is 5.43 Å². The summed E-state index contributed by atoms with van der Waals surface area (Å²) in [6.45, 7) is 0. The predicted molar refractivity (Wildman–Crippen MR) is 137 cm³/mol. The Hall–Kier alpha value is -4.86. The summed E-state index contributed by atoms with van der Waals surface area (Å²) in [7, 11) is 4.80. The van der Waals surface area contributed by atoms with Gasteiger partial charge in [-0.15, -0.1) is 0 Å². The van der Waals surface area contributed by atoms with E-state index in [4.69, 9.17) is 14.2 Å². The highest BCUT2D eigenvalue weighted by Crippen LogP contribution is 2.27. The van der Waals surface area contributed by atoms with E-state index in [-0.39, 0.29) is 5.95 Å². The summed E-state index contributed by atoms with van der Waals surface area (Å²) in [6, 6.07) is 22.5. The van der Waals surface area contributed by atoms with Crippen molar-refractivity contribution < 1.29 is 14.2 Å². The molecule has 1 heterocycles. The van der Waals surface area contributed by atoms with Gasteiger partial charge in [0.1, 0.15) is 5.75 Å². The molecule has 0 radical (unpaired) electrons. The number of nitrogens with one attached hydrogen (secondary N) is 3. The largest absolute Gasteiger partial charge is 0.497 e. The normalized spacial score (nSPS) is 10.6. The van der Waals surface area contributed by atoms with Gasteiger partial charge >= 0.3 is 0 Å². The molecule has 4 aromatic rings. The smallest absolute Gasteiger partial charge is 0.250 e. The van der Waals surface area contributed by atoms with Crippen LogP contribution in [0.15, 0.2) is 77.9 Å². The fourth-order valence-electron chi connectivity index (χ4n) is 3.09. The number of hydrogen-bond acceptors (Lipinski definition) is 10. The van der Waals surface area contributed by atoms with Crippen LogP contribution < -0.4 is 30.3 Å². The second-order valence-electron chi connectivity index (χ2n) is 7.14. The van der Waals surface area contributed by atoms with Gasteiger partial charge in [-0.05, 0) is 60.2 Å². The van der Waals surface area contributed by atoms with Crippen molar-refractivity contribution in [2.24, 2.45) is 5.10 Å². The molecule has 0 bridgehead atoms. The maximum atomic E-state index is 5.34. The number of para-hydroxylation sites is 1. The summed E-state index contributed by atoms with van der Waals surface area (Å²) in [5, 5.41) is 10.6. The Kier molecular flexibility index (Phi) is 7.54. The van der Waals surface area contributed by atoms with Gasteiger partial charge in [-0.2, -0.15) is 20.1 Å². The summed E-state index contributed by atoms with van der Waals surface area (Å²) >= 11 is 0. The van der Waals surface area contributed by atoms with Crippen LogP contribution in [-0.4, -0.2) is 42.5 Å². The van der Waals surface area contributed by atoms with Crippen LogP contribution in [0.1, 0.15) is 5.56 Å². The zero-order valence-corrected chi connectivity index (χ0v) is 19.5. The van der Waals surface area contributed by atoms with Crippen LogP contribution in [0.4, 0.5) is 29.2 Å². The number of nitrogens with zero attached hydrogens (tertiary/aromatic N) is 4. The fourth-order valence-corrected chi connectivity index (χ4v) is 3.09. The van der Waals surface area contributed by atoms with Crippen molar-refractivity contribution in [3.05, 3.63) is 78.4 Å². The van der Waals surface area contributed by atoms with Gasteiger partial charge in [0.05, 0.1) is 27.5 Å². The number of rotatable bonds is 10. The van der Waals surface area contributed by atoms with Crippen molar-refractivity contribution in [2.45, 2.75) is 0 Å². The minimum Gasteiger partial charge on any atom is -0.497 e. The molecule has 4 rings (SSSR count). The number of hydrogen-bond donors (Lipinski definition) is 3. The minimum absolute atomic E-state index is 0.256. The van der Waals surface area contributed by atoms with E-state index in [1.165, 1.54) is 0 Å². The second-order valence-corrected chi connectivity index (χ2v) is 7.14. The first-order valence-electron chi connectivity index (χ1n) is 10.7. The van der Waals surface area contributed by atoms with Gasteiger partial charge in [-0.1, -0.05) is 18.2 Å². The molecule has 10 heteroatoms. The minimum atomic E-state index is 0.256. The average Bonchev–Trinajstić information content (AvgIpc) is 2.89. The third kappa shape index (κ3) is 6.35. The Morgan fingerprint density at radius 2 is 1.29 bits per heavy atom. The van der Waals surface area contributed by atoms with E-state index < -0.39 is 0 Å². The molecular formula is C25H25N7O3. The van der Waals surface area contributed by atoms with E-state index in [0.29, 0.717) is 23.4 Å². The van der Waals surface area contributed by atoms with Gasteiger partial charge in [-0.3, -0.25) is 0 Å². The molecule has 0 aliphatic carbocycles. The fraction of sp³-hybridized carbons (Fsp3) is 0.120. The number of aromatic nitrogens is 3. The SMILES string of the molecule is COc1ccc(Nc2nc(N/N=C/c3ccc(OC)c(OC)c3)nc(Nc3ccccc3)n2)cc1. The van der Waals surface area contributed by atoms with Gasteiger partial charge in [0.25, 0.3) is 0 Å². The van der Waals surface area contributed by atoms with Gasteiger partial charge < -0.3 is 24.8 Å². The van der Waals surface area contributed by atoms with Crippen LogP contribution in [0.2, 0.25) is 0 Å². The van der Waals surface area contributed by atoms with E-state index in [9.17, 15) is 0 Å². The Balaban J connectivity index is 1.56. The van der Waals surface area contributed by atoms with Crippen LogP contribution >= 0.6 is 0 Å². The van der Waals surface area contributed by atoms with E-state index in [1.54, 1.807) is 27.5 Å². The van der Waals surface area contributed by atoms with E-state index in [0.717, 1.165) is 22.7 Å². The summed E-state index contributed by atoms with van der Waals surface area (Å²) in [4.78, 5) is 13.3. The summed E-state index contributed by atoms with van der Waals surface area (Å²) in [5.41, 5.74) is 5.31. The zero-order chi connectivity index (χ0) is 24.5. The molecule has 3 N–H and O–H groups in total. The number of hydrazone groups is 1. The molecule has 0 saturated carbocycles. The van der Waals surface area contributed by atoms with E-state index >= 15 is 0 Å². The molecule has 1 aromatic heterocycles. The monoisotopic (exact) mass is 471 g/mol. The highest BCUT2D eigenvalue weighted by Gasteiger charge is 2.08. The van der Waals surface area contributed by atoms with Crippen molar-refractivity contribution in [3.63, 3.8) is 0 Å². The third-order valence-corrected chi connectivity index (χ3v) is 4.80. The number of methoxy groups -OCH3 is 3. The molecule has 0 amide bonds. The van der Waals surface area contributed by atoms with Crippen molar-refractivity contribution in [1.82, 2.24) is 15.0 Å². The highest BCUT2D eigenvalue weighted by atomic mass is 16.5. The summed E-state index contributed by atoms with van der Waals surface area (Å²) < 4.78 is 15.8. The van der Waals surface area contributed by atoms with Crippen molar-refractivity contribution in [2.75, 3.05) is 37.4 Å². The first-order chi connectivity index (χ1) is 17.2. The Labute approximate surface area is 203 Å². The number of ether oxygens (including phenoxy) is 3. The van der Waals surface area contributed by atoms with Gasteiger partial charge in [0.15, 0.2) is 11.5 Å². The summed E-state index contributed by atoms with van der Waals surface area (Å²) in [5.74, 6) is 2.95. The zero-order valence-electron chi connectivity index (χ0n) is 19.5. The van der Waals surface area contributed by atoms with E-state index in [2.05, 4.69) is 36.1 Å². The molecule has 0 atom stereocenters. The maximum absolute atomic E-state index is 5.34. The molecule has 0 unspecified atom stereocenters. The first-order valence-corrected chi connectivity index (χ1v) is 10.7. The average molecular weight is 472 g/mol. The molecule has 0 saturated heterocycles. The molecule has 178 valence electrons. The first kappa shape index (κ1) is 23.3. The van der Waals surface area contributed by atoms with Crippen LogP contribution in [0.3, 0.4) is 0 Å². The Morgan fingerprint density at radius 3 is 1.91 bits per heavy atom. The standard InChI is InChI=1S/C25H25N7O3/c1-33-20-12-10-19(11-13-20)28-24-29-23(27-18-7-5-4-6-8-18)30-25(31-24)32-26-16-17-9-14-21(34-2)22(15-17)35-3/h4-16H,1-3H3,(H3,27,28,29,30,31,32)/b26-16+. The lowest BCUT2D eigenvalue weighted by Crippen LogP contribution is -2.07. The van der Waals surface area contributed by atoms with Crippen molar-refractivity contribution in [3.8, 4) is 17.2 Å². The Morgan fingerprint density at radius 1 is 0.657 bits per heavy atom. The highest BCUT2D eigenvalue weighted by molar-refractivity contribution is 5.81. The van der Waals surface area contributed by atoms with Gasteiger partial charge in [0.2, 0.25) is 17.8 Å². The van der Waals surface area contributed by atoms with Crippen LogP contribution in [-0.2, 0) is 0 Å². The predicted octanol–water partition coefficient (Wildman–Crippen LogP) is 4.83. The van der Waals surface area contributed by atoms with Crippen molar-refractivity contribution in [1.29, 1.82) is 0 Å². The second kappa shape index (κ2) is 11.3. The van der Waals surface area contributed by atoms with Crippen LogP contribution in [0, 0.1) is 0 Å². The maximum Gasteiger partial charge on any atom is 0.250 e. The lowest BCUT2D eigenvalue weighted by atomic mass is 10.2. The van der Waals surface area contributed by atoms with Crippen LogP contribution in [0.5, 0.6) is 17.2 Å². The molecule has 0 fully saturated rings. The Bertz CT molecular complexity index is 1280. The van der Waals surface area contributed by atoms with Crippen LogP contribution in [0.25, 0.3) is 0 Å². The topological polar surface area (TPSA) is 115 Å². The van der Waals surface area contributed by atoms with E-state index in [1.807, 2.05) is 72.8 Å². The third-order valence-electron chi connectivity index (χ3n) is 4.80. The molecule has 3 aromatic carbocycles. The van der Waals surface area contributed by atoms with Gasteiger partial charge in [0, 0.05) is 11.4 Å². The number of anilines is 5. The summed E-state index contributed by atoms with van der Waals surface area (Å²) in [6.07, 6.45) is 1.63. The lowest BCUT2D eigenvalue weighted by Gasteiger charge is -2.10.